The number of carbonyl (C=O) groups excluding carboxylic acids is 2. The van der Waals surface area contributed by atoms with E-state index in [1.807, 2.05) is 0 Å². The number of hydrogen-bond acceptors (Lipinski definition) is 6. The molecule has 0 saturated heterocycles. The number of Topliss-reactive ketones (excluding diaryl/α,β-unsaturated/α-hetero) is 1. The normalized spacial score (nSPS) is 20.2. The predicted molar refractivity (Wildman–Crippen MR) is 95.9 cm³/mol. The minimum atomic E-state index is -3.77. The molecular weight excluding hydrogens is 405 g/mol. The molecule has 0 amide bonds. The van der Waals surface area contributed by atoms with E-state index >= 15 is 0 Å². The first-order valence-electron chi connectivity index (χ1n) is 7.52. The molecule has 0 fully saturated rings. The van der Waals surface area contributed by atoms with Crippen molar-refractivity contribution in [3.8, 4) is 0 Å². The zero-order valence-electron chi connectivity index (χ0n) is 14.5. The third-order valence-corrected chi connectivity index (χ3v) is 6.03. The number of ketones is 1. The number of sulfonamides is 1. The van der Waals surface area contributed by atoms with E-state index in [2.05, 4.69) is 0 Å². The first kappa shape index (κ1) is 20.5. The van der Waals surface area contributed by atoms with Gasteiger partial charge in [0.1, 0.15) is 0 Å². The van der Waals surface area contributed by atoms with Crippen LogP contribution in [0.3, 0.4) is 0 Å². The van der Waals surface area contributed by atoms with Gasteiger partial charge in [0.15, 0.2) is 5.60 Å². The zero-order chi connectivity index (χ0) is 19.9. The molecule has 2 rings (SSSR count). The van der Waals surface area contributed by atoms with Gasteiger partial charge >= 0.3 is 5.97 Å². The fourth-order valence-corrected chi connectivity index (χ4v) is 3.67. The van der Waals surface area contributed by atoms with E-state index in [1.165, 1.54) is 39.1 Å². The maximum Gasteiger partial charge on any atom is 0.308 e. The summed E-state index contributed by atoms with van der Waals surface area (Å²) in [5.74, 6) is -2.61. The van der Waals surface area contributed by atoms with Gasteiger partial charge in [0, 0.05) is 29.6 Å². The van der Waals surface area contributed by atoms with Gasteiger partial charge in [0.2, 0.25) is 15.8 Å². The molecule has 0 aliphatic carbocycles. The van der Waals surface area contributed by atoms with E-state index in [0.717, 1.165) is 11.2 Å². The van der Waals surface area contributed by atoms with Crippen molar-refractivity contribution in [2.75, 3.05) is 12.8 Å². The van der Waals surface area contributed by atoms with Gasteiger partial charge in [-0.2, -0.15) is 0 Å². The lowest BCUT2D eigenvalue weighted by molar-refractivity contribution is -0.142. The Morgan fingerprint density at radius 3 is 2.27 bits per heavy atom. The highest BCUT2D eigenvalue weighted by Gasteiger charge is 2.51. The van der Waals surface area contributed by atoms with Crippen LogP contribution in [0, 0.1) is 0 Å². The average Bonchev–Trinajstić information content (AvgIpc) is 2.79. The van der Waals surface area contributed by atoms with E-state index in [1.54, 1.807) is 0 Å². The molecule has 1 aromatic rings. The summed E-state index contributed by atoms with van der Waals surface area (Å²) in [5.41, 5.74) is -1.37. The summed E-state index contributed by atoms with van der Waals surface area (Å²) in [6.07, 6.45) is 0. The Morgan fingerprint density at radius 2 is 1.81 bits per heavy atom. The molecule has 0 N–H and O–H groups in total. The second kappa shape index (κ2) is 7.09. The van der Waals surface area contributed by atoms with Crippen molar-refractivity contribution in [2.24, 2.45) is 0 Å². The van der Waals surface area contributed by atoms with E-state index in [0.29, 0.717) is 5.56 Å². The second-order valence-electron chi connectivity index (χ2n) is 5.72. The number of halogens is 2. The van der Waals surface area contributed by atoms with E-state index in [9.17, 15) is 18.0 Å². The summed E-state index contributed by atoms with van der Waals surface area (Å²) in [5, 5.41) is 0.532. The Morgan fingerprint density at radius 1 is 1.27 bits per heavy atom. The molecule has 1 aliphatic rings. The number of rotatable bonds is 5. The molecule has 0 spiro atoms. The quantitative estimate of drug-likeness (QED) is 0.678. The summed E-state index contributed by atoms with van der Waals surface area (Å²) < 4.78 is 35.8. The molecule has 10 heteroatoms. The smallest absolute Gasteiger partial charge is 0.308 e. The summed E-state index contributed by atoms with van der Waals surface area (Å²) in [6, 6.07) is 4.41. The largest absolute Gasteiger partial charge is 0.456 e. The molecule has 26 heavy (non-hydrogen) atoms. The minimum Gasteiger partial charge on any atom is -0.456 e. The monoisotopic (exact) mass is 421 g/mol. The molecule has 1 heterocycles. The minimum absolute atomic E-state index is 0.238. The third-order valence-electron chi connectivity index (χ3n) is 3.86. The Kier molecular flexibility index (Phi) is 5.60. The maximum absolute atomic E-state index is 12.9. The first-order valence-corrected chi connectivity index (χ1v) is 9.88. The zero-order valence-corrected chi connectivity index (χ0v) is 16.8. The van der Waals surface area contributed by atoms with Crippen molar-refractivity contribution in [3.63, 3.8) is 0 Å². The average molecular weight is 422 g/mol. The van der Waals surface area contributed by atoms with Gasteiger partial charge in [0.05, 0.1) is 5.75 Å². The lowest BCUT2D eigenvalue weighted by Gasteiger charge is -2.26. The molecular formula is C16H17Cl2NO6S. The number of esters is 1. The Hall–Kier alpha value is -1.77. The summed E-state index contributed by atoms with van der Waals surface area (Å²) in [4.78, 5) is 24.4. The Balaban J connectivity index is 2.60. The number of nitrogens with zero attached hydrogens (tertiary/aromatic N) is 1. The van der Waals surface area contributed by atoms with Crippen molar-refractivity contribution in [2.45, 2.75) is 26.4 Å². The molecule has 7 nitrogen and oxygen atoms in total. The van der Waals surface area contributed by atoms with Crippen molar-refractivity contribution >= 4 is 45.0 Å². The van der Waals surface area contributed by atoms with Crippen molar-refractivity contribution in [3.05, 3.63) is 45.5 Å². The van der Waals surface area contributed by atoms with Crippen LogP contribution in [0.1, 0.15) is 26.3 Å². The van der Waals surface area contributed by atoms with Crippen LogP contribution in [0.25, 0.3) is 0 Å². The van der Waals surface area contributed by atoms with E-state index in [-0.39, 0.29) is 21.7 Å². The number of ether oxygens (including phenoxy) is 2. The lowest BCUT2D eigenvalue weighted by atomic mass is 9.91. The topological polar surface area (TPSA) is 90.0 Å². The predicted octanol–water partition coefficient (Wildman–Crippen LogP) is 2.82. The fraction of sp³-hybridized carbons (Fsp3) is 0.375. The maximum atomic E-state index is 12.9. The van der Waals surface area contributed by atoms with Gasteiger partial charge in [-0.05, 0) is 32.0 Å². The van der Waals surface area contributed by atoms with Crippen LogP contribution < -0.4 is 0 Å². The van der Waals surface area contributed by atoms with Crippen molar-refractivity contribution in [1.29, 1.82) is 0 Å². The van der Waals surface area contributed by atoms with Gasteiger partial charge in [-0.25, -0.2) is 12.7 Å². The van der Waals surface area contributed by atoms with Crippen LogP contribution in [0.5, 0.6) is 0 Å². The molecule has 0 saturated carbocycles. The lowest BCUT2D eigenvalue weighted by Crippen LogP contribution is -2.33. The highest BCUT2D eigenvalue weighted by atomic mass is 35.5. The summed E-state index contributed by atoms with van der Waals surface area (Å²) in [7, 11) is -2.56. The van der Waals surface area contributed by atoms with Crippen LogP contribution in [0.4, 0.5) is 0 Å². The van der Waals surface area contributed by atoms with E-state index in [4.69, 9.17) is 32.7 Å². The van der Waals surface area contributed by atoms with Crippen LogP contribution in [0.15, 0.2) is 29.8 Å². The molecule has 1 unspecified atom stereocenters. The second-order valence-corrected chi connectivity index (χ2v) is 8.88. The number of carbonyl (C=O) groups is 2. The van der Waals surface area contributed by atoms with Crippen LogP contribution in [0.2, 0.25) is 10.0 Å². The molecule has 0 bridgehead atoms. The highest BCUT2D eigenvalue weighted by Crippen LogP contribution is 2.42. The van der Waals surface area contributed by atoms with Crippen LogP contribution in [-0.2, 0) is 34.7 Å². The van der Waals surface area contributed by atoms with Crippen molar-refractivity contribution < 1.29 is 27.5 Å². The van der Waals surface area contributed by atoms with Crippen molar-refractivity contribution in [1.82, 2.24) is 4.31 Å². The van der Waals surface area contributed by atoms with Gasteiger partial charge in [-0.1, -0.05) is 23.2 Å². The Labute approximate surface area is 161 Å². The highest BCUT2D eigenvalue weighted by molar-refractivity contribution is 7.89. The van der Waals surface area contributed by atoms with Gasteiger partial charge < -0.3 is 9.47 Å². The Bertz CT molecular complexity index is 891. The fourth-order valence-electron chi connectivity index (χ4n) is 2.38. The standard InChI is InChI=1S/C16H17Cl2NO6S/c1-5-26(22,23)19(4)15-13(24-9(2)20)14(21)16(3,25-15)10-6-11(17)8-12(18)7-10/h6-8H,5H2,1-4H3. The first-order chi connectivity index (χ1) is 11.9. The molecule has 0 aromatic heterocycles. The third kappa shape index (κ3) is 3.67. The summed E-state index contributed by atoms with van der Waals surface area (Å²) in [6.45, 7) is 3.95. The van der Waals surface area contributed by atoms with Crippen LogP contribution >= 0.6 is 23.2 Å². The number of benzene rings is 1. The molecule has 0 radical (unpaired) electrons. The van der Waals surface area contributed by atoms with Gasteiger partial charge in [-0.15, -0.1) is 0 Å². The van der Waals surface area contributed by atoms with E-state index < -0.39 is 33.1 Å². The summed E-state index contributed by atoms with van der Waals surface area (Å²) >= 11 is 12.0. The SMILES string of the molecule is CCS(=O)(=O)N(C)C1=C(OC(C)=O)C(=O)C(C)(c2cc(Cl)cc(Cl)c2)O1. The van der Waals surface area contributed by atoms with Gasteiger partial charge in [-0.3, -0.25) is 9.59 Å². The van der Waals surface area contributed by atoms with Crippen LogP contribution in [-0.4, -0.2) is 37.3 Å². The molecule has 1 atom stereocenters. The molecule has 142 valence electrons. The molecule has 1 aromatic carbocycles. The number of hydrogen-bond donors (Lipinski definition) is 0. The van der Waals surface area contributed by atoms with Gasteiger partial charge in [0.25, 0.3) is 11.7 Å². The molecule has 1 aliphatic heterocycles.